The van der Waals surface area contributed by atoms with Crippen molar-refractivity contribution in [1.82, 2.24) is 15.1 Å². The molecule has 1 saturated heterocycles. The molecule has 2 amide bonds. The van der Waals surface area contributed by atoms with E-state index in [1.54, 1.807) is 11.0 Å². The molecule has 1 aromatic heterocycles. The third-order valence-corrected chi connectivity index (χ3v) is 6.07. The van der Waals surface area contributed by atoms with Crippen molar-refractivity contribution in [2.45, 2.75) is 18.3 Å². The van der Waals surface area contributed by atoms with Gasteiger partial charge in [-0.2, -0.15) is 10.4 Å². The second-order valence-corrected chi connectivity index (χ2v) is 8.18. The summed E-state index contributed by atoms with van der Waals surface area (Å²) in [6, 6.07) is 15.4. The monoisotopic (exact) mass is 457 g/mol. The van der Waals surface area contributed by atoms with Crippen molar-refractivity contribution in [3.8, 4) is 6.07 Å². The number of nitrogens with one attached hydrogen (secondary N) is 2. The molecule has 0 radical (unpaired) electrons. The molecular formula is C20H17BrClN5O. The van der Waals surface area contributed by atoms with Gasteiger partial charge in [0.2, 0.25) is 0 Å². The topological polar surface area (TPSA) is 84.8 Å². The largest absolute Gasteiger partial charge is 0.324 e. The number of fused-ring (bicyclic) bond motifs is 1. The van der Waals surface area contributed by atoms with Gasteiger partial charge in [-0.25, -0.2) is 4.79 Å². The van der Waals surface area contributed by atoms with Crippen molar-refractivity contribution in [2.24, 2.45) is 0 Å². The third-order valence-electron chi connectivity index (χ3n) is 5.26. The first-order valence-corrected chi connectivity index (χ1v) is 10.1. The minimum atomic E-state index is -0.687. The van der Waals surface area contributed by atoms with Crippen LogP contribution in [-0.4, -0.2) is 34.2 Å². The van der Waals surface area contributed by atoms with Crippen molar-refractivity contribution in [3.05, 3.63) is 57.5 Å². The minimum Gasteiger partial charge on any atom is -0.324 e. The Morgan fingerprint density at radius 2 is 2.04 bits per heavy atom. The quantitative estimate of drug-likeness (QED) is 0.562. The molecule has 28 heavy (non-hydrogen) atoms. The fourth-order valence-electron chi connectivity index (χ4n) is 3.65. The van der Waals surface area contributed by atoms with Crippen LogP contribution in [0.15, 0.2) is 46.9 Å². The summed E-state index contributed by atoms with van der Waals surface area (Å²) in [4.78, 5) is 14.4. The molecule has 0 aliphatic carbocycles. The average molecular weight is 459 g/mol. The fraction of sp³-hybridized carbons (Fsp3) is 0.250. The van der Waals surface area contributed by atoms with Gasteiger partial charge in [0.1, 0.15) is 0 Å². The smallest absolute Gasteiger partial charge is 0.323 e. The summed E-state index contributed by atoms with van der Waals surface area (Å²) in [5.41, 5.74) is 0.996. The van der Waals surface area contributed by atoms with E-state index in [1.807, 2.05) is 36.4 Å². The van der Waals surface area contributed by atoms with Crippen LogP contribution in [0.3, 0.4) is 0 Å². The summed E-state index contributed by atoms with van der Waals surface area (Å²) < 4.78 is 0.873. The van der Waals surface area contributed by atoms with Gasteiger partial charge in [0.15, 0.2) is 5.82 Å². The molecule has 1 fully saturated rings. The summed E-state index contributed by atoms with van der Waals surface area (Å²) >= 11 is 9.79. The Labute approximate surface area is 175 Å². The van der Waals surface area contributed by atoms with Gasteiger partial charge in [0.05, 0.1) is 17.0 Å². The second-order valence-electron chi connectivity index (χ2n) is 6.85. The number of hydrogen-bond donors (Lipinski definition) is 2. The van der Waals surface area contributed by atoms with Crippen LogP contribution in [0.5, 0.6) is 0 Å². The van der Waals surface area contributed by atoms with E-state index in [0.717, 1.165) is 20.9 Å². The molecule has 8 heteroatoms. The maximum Gasteiger partial charge on any atom is 0.323 e. The number of likely N-dealkylation sites (tertiary alicyclic amines) is 1. The lowest BCUT2D eigenvalue weighted by molar-refractivity contribution is 0.183. The normalized spacial score (nSPS) is 16.0. The van der Waals surface area contributed by atoms with Gasteiger partial charge < -0.3 is 4.90 Å². The highest BCUT2D eigenvalue weighted by atomic mass is 79.9. The molecule has 2 heterocycles. The van der Waals surface area contributed by atoms with E-state index in [4.69, 9.17) is 11.6 Å². The van der Waals surface area contributed by atoms with Crippen molar-refractivity contribution < 1.29 is 4.79 Å². The Morgan fingerprint density at radius 1 is 1.29 bits per heavy atom. The highest BCUT2D eigenvalue weighted by Gasteiger charge is 2.39. The number of halogens is 2. The first kappa shape index (κ1) is 18.8. The maximum absolute atomic E-state index is 12.7. The van der Waals surface area contributed by atoms with Gasteiger partial charge in [-0.3, -0.25) is 10.4 Å². The number of nitriles is 1. The molecule has 0 unspecified atom stereocenters. The average Bonchev–Trinajstić information content (AvgIpc) is 3.11. The Hall–Kier alpha value is -2.56. The van der Waals surface area contributed by atoms with Crippen LogP contribution in [-0.2, 0) is 5.41 Å². The summed E-state index contributed by atoms with van der Waals surface area (Å²) in [6.45, 7) is 0.933. The lowest BCUT2D eigenvalue weighted by atomic mass is 9.74. The Morgan fingerprint density at radius 3 is 2.75 bits per heavy atom. The maximum atomic E-state index is 12.7. The molecule has 2 N–H and O–H groups in total. The number of para-hydroxylation sites is 1. The lowest BCUT2D eigenvalue weighted by Gasteiger charge is -2.37. The van der Waals surface area contributed by atoms with Crippen LogP contribution in [0.2, 0.25) is 5.02 Å². The number of anilines is 1. The molecule has 142 valence electrons. The Balaban J connectivity index is 1.48. The zero-order chi connectivity index (χ0) is 19.7. The van der Waals surface area contributed by atoms with Crippen molar-refractivity contribution in [3.63, 3.8) is 0 Å². The van der Waals surface area contributed by atoms with Crippen LogP contribution in [0.4, 0.5) is 10.6 Å². The van der Waals surface area contributed by atoms with E-state index >= 15 is 0 Å². The number of rotatable bonds is 2. The number of hydrogen-bond acceptors (Lipinski definition) is 3. The SMILES string of the molecule is N#CC1(c2ccc(Br)cc2Cl)CCN(C(=O)Nc2n[nH]c3ccccc23)CC1. The van der Waals surface area contributed by atoms with Gasteiger partial charge >= 0.3 is 6.03 Å². The van der Waals surface area contributed by atoms with Crippen LogP contribution in [0, 0.1) is 11.3 Å². The second kappa shape index (κ2) is 7.46. The fourth-order valence-corrected chi connectivity index (χ4v) is 4.50. The Kier molecular flexibility index (Phi) is 5.00. The van der Waals surface area contributed by atoms with E-state index in [0.29, 0.717) is 36.8 Å². The molecule has 0 saturated carbocycles. The summed E-state index contributed by atoms with van der Waals surface area (Å²) in [5.74, 6) is 0.508. The molecule has 6 nitrogen and oxygen atoms in total. The van der Waals surface area contributed by atoms with Crippen LogP contribution < -0.4 is 5.32 Å². The van der Waals surface area contributed by atoms with E-state index in [9.17, 15) is 10.1 Å². The van der Waals surface area contributed by atoms with E-state index in [1.165, 1.54) is 0 Å². The third kappa shape index (κ3) is 3.34. The molecule has 0 spiro atoms. The summed E-state index contributed by atoms with van der Waals surface area (Å²) in [5, 5.41) is 21.3. The van der Waals surface area contributed by atoms with Crippen molar-refractivity contribution in [2.75, 3.05) is 18.4 Å². The molecule has 0 atom stereocenters. The molecule has 3 aromatic rings. The van der Waals surface area contributed by atoms with Crippen molar-refractivity contribution >= 4 is 50.3 Å². The number of piperidine rings is 1. The molecule has 0 bridgehead atoms. The molecule has 1 aliphatic heterocycles. The molecular weight excluding hydrogens is 442 g/mol. The van der Waals surface area contributed by atoms with Gasteiger partial charge in [0, 0.05) is 28.0 Å². The number of aromatic amines is 1. The highest BCUT2D eigenvalue weighted by Crippen LogP contribution is 2.39. The number of nitrogens with zero attached hydrogens (tertiary/aromatic N) is 3. The summed E-state index contributed by atoms with van der Waals surface area (Å²) in [7, 11) is 0. The number of carbonyl (C=O) groups excluding carboxylic acids is 1. The minimum absolute atomic E-state index is 0.217. The number of H-pyrrole nitrogens is 1. The summed E-state index contributed by atoms with van der Waals surface area (Å²) in [6.07, 6.45) is 1.05. The van der Waals surface area contributed by atoms with Crippen LogP contribution >= 0.6 is 27.5 Å². The number of aromatic nitrogens is 2. The van der Waals surface area contributed by atoms with Gasteiger partial charge in [-0.1, -0.05) is 45.7 Å². The number of benzene rings is 2. The lowest BCUT2D eigenvalue weighted by Crippen LogP contribution is -2.46. The zero-order valence-electron chi connectivity index (χ0n) is 14.9. The van der Waals surface area contributed by atoms with E-state index < -0.39 is 5.41 Å². The number of carbonyl (C=O) groups is 1. The van der Waals surface area contributed by atoms with Crippen LogP contribution in [0.1, 0.15) is 18.4 Å². The molecule has 2 aromatic carbocycles. The zero-order valence-corrected chi connectivity index (χ0v) is 17.2. The predicted octanol–water partition coefficient (Wildman–Crippen LogP) is 5.07. The first-order chi connectivity index (χ1) is 13.5. The first-order valence-electron chi connectivity index (χ1n) is 8.88. The molecule has 4 rings (SSSR count). The standard InChI is InChI=1S/C20H17BrClN5O/c21-13-5-6-15(16(22)11-13)20(12-23)7-9-27(10-8-20)19(28)24-18-14-3-1-2-4-17(14)25-26-18/h1-6,11H,7-10H2,(H2,24,25,26,28). The number of urea groups is 1. The predicted molar refractivity (Wildman–Crippen MR) is 112 cm³/mol. The highest BCUT2D eigenvalue weighted by molar-refractivity contribution is 9.10. The van der Waals surface area contributed by atoms with Gasteiger partial charge in [0.25, 0.3) is 0 Å². The molecule has 1 aliphatic rings. The Bertz CT molecular complexity index is 1080. The van der Waals surface area contributed by atoms with Gasteiger partial charge in [-0.05, 0) is 42.7 Å². The number of amides is 2. The van der Waals surface area contributed by atoms with Crippen LogP contribution in [0.25, 0.3) is 10.9 Å². The van der Waals surface area contributed by atoms with Gasteiger partial charge in [-0.15, -0.1) is 0 Å². The van der Waals surface area contributed by atoms with Crippen molar-refractivity contribution in [1.29, 1.82) is 5.26 Å². The van der Waals surface area contributed by atoms with E-state index in [2.05, 4.69) is 37.5 Å². The van der Waals surface area contributed by atoms with E-state index in [-0.39, 0.29) is 6.03 Å².